The van der Waals surface area contributed by atoms with E-state index >= 15 is 0 Å². The first-order valence-corrected chi connectivity index (χ1v) is 38.7. The Balaban J connectivity index is 6.50. The minimum absolute atomic E-state index is 0.00714. The van der Waals surface area contributed by atoms with Gasteiger partial charge in [0.2, 0.25) is 76.8 Å². The van der Waals surface area contributed by atoms with Crippen molar-refractivity contribution in [3.05, 3.63) is 0 Å². The van der Waals surface area contributed by atoms with Crippen LogP contribution in [0.1, 0.15) is 230 Å². The van der Waals surface area contributed by atoms with Gasteiger partial charge in [-0.05, 0) is 116 Å². The number of rotatable bonds is 61. The summed E-state index contributed by atoms with van der Waals surface area (Å²) in [4.78, 5) is 198. The molecule has 38 heteroatoms. The molecule has 0 rings (SSSR count). The van der Waals surface area contributed by atoms with Crippen LogP contribution in [0.2, 0.25) is 0 Å². The predicted molar refractivity (Wildman–Crippen MR) is 413 cm³/mol. The molecule has 0 aliphatic carbocycles. The lowest BCUT2D eigenvalue weighted by Crippen LogP contribution is -2.62. The summed E-state index contributed by atoms with van der Waals surface area (Å²) in [6.45, 7) is 14.6. The van der Waals surface area contributed by atoms with Gasteiger partial charge in [-0.15, -0.1) is 0 Å². The molecule has 0 spiro atoms. The van der Waals surface area contributed by atoms with E-state index in [-0.39, 0.29) is 101 Å². The number of carbonyl (C=O) groups excluding carboxylic acids is 13. The van der Waals surface area contributed by atoms with Gasteiger partial charge in [-0.3, -0.25) is 77.1 Å². The molecule has 38 nitrogen and oxygen atoms in total. The number of nitrogens with one attached hydrogen (secondary N) is 12. The van der Waals surface area contributed by atoms with E-state index in [1.807, 2.05) is 0 Å². The van der Waals surface area contributed by atoms with E-state index in [1.165, 1.54) is 65.2 Å². The monoisotopic (exact) mass is 1570 g/mol. The molecule has 28 N–H and O–H groups in total. The topological polar surface area (TPSA) is 645 Å². The fourth-order valence-corrected chi connectivity index (χ4v) is 11.4. The molecule has 110 heavy (non-hydrogen) atoms. The summed E-state index contributed by atoms with van der Waals surface area (Å²) >= 11 is 0. The number of carbonyl (C=O) groups is 14. The summed E-state index contributed by atoms with van der Waals surface area (Å²) in [5.74, 6) is -15.1. The van der Waals surface area contributed by atoms with Crippen LogP contribution in [-0.2, 0) is 67.1 Å². The number of hydrogen-bond acceptors (Lipinski definition) is 20. The lowest BCUT2D eigenvalue weighted by atomic mass is 9.99. The number of primary amides is 1. The van der Waals surface area contributed by atoms with E-state index in [1.54, 1.807) is 41.5 Å². The molecule has 0 aliphatic rings. The molecule has 13 amide bonds. The van der Waals surface area contributed by atoms with Gasteiger partial charge in [0.15, 0.2) is 11.9 Å². The molecule has 0 heterocycles. The van der Waals surface area contributed by atoms with Crippen molar-refractivity contribution in [2.75, 3.05) is 32.8 Å². The van der Waals surface area contributed by atoms with Gasteiger partial charge < -0.3 is 119 Å². The van der Waals surface area contributed by atoms with Crippen molar-refractivity contribution in [2.45, 2.75) is 308 Å². The maximum Gasteiger partial charge on any atom is 0.303 e. The van der Waals surface area contributed by atoms with Gasteiger partial charge in [0.05, 0.1) is 25.4 Å². The number of aliphatic hydroxyl groups excluding tert-OH is 3. The van der Waals surface area contributed by atoms with Crippen molar-refractivity contribution in [3.8, 4) is 0 Å². The van der Waals surface area contributed by atoms with Crippen LogP contribution in [0.5, 0.6) is 0 Å². The number of nitrogens with zero attached hydrogens (tertiary/aromatic N) is 2. The molecule has 0 bridgehead atoms. The molecule has 630 valence electrons. The molecule has 0 aromatic carbocycles. The zero-order valence-corrected chi connectivity index (χ0v) is 66.3. The Labute approximate surface area is 647 Å². The fourth-order valence-electron chi connectivity index (χ4n) is 11.4. The second kappa shape index (κ2) is 57.1. The zero-order chi connectivity index (χ0) is 83.6. The van der Waals surface area contributed by atoms with Crippen LogP contribution in [0.4, 0.5) is 0 Å². The van der Waals surface area contributed by atoms with Crippen molar-refractivity contribution in [3.63, 3.8) is 0 Å². The number of amides is 13. The number of aliphatic carboxylic acids is 1. The highest BCUT2D eigenvalue weighted by atomic mass is 16.4. The van der Waals surface area contributed by atoms with E-state index in [0.29, 0.717) is 12.8 Å². The maximum atomic E-state index is 14.4. The molecule has 0 unspecified atom stereocenters. The smallest absolute Gasteiger partial charge is 0.303 e. The lowest BCUT2D eigenvalue weighted by Gasteiger charge is -2.29. The number of aliphatic imine (C=N–C) groups is 2. The van der Waals surface area contributed by atoms with E-state index in [9.17, 15) is 87.5 Å². The Morgan fingerprint density at radius 3 is 1.16 bits per heavy atom. The summed E-state index contributed by atoms with van der Waals surface area (Å²) in [7, 11) is 0. The number of unbranched alkanes of at least 4 members (excludes halogenated alkanes) is 13. The minimum Gasteiger partial charge on any atom is -0.481 e. The first kappa shape index (κ1) is 101. The summed E-state index contributed by atoms with van der Waals surface area (Å²) in [6.07, 6.45) is 10.7. The normalized spacial score (nSPS) is 14.8. The highest BCUT2D eigenvalue weighted by Gasteiger charge is 2.38. The molecule has 0 saturated carbocycles. The van der Waals surface area contributed by atoms with Crippen LogP contribution in [-0.4, -0.2) is 227 Å². The van der Waals surface area contributed by atoms with Crippen LogP contribution in [0.25, 0.3) is 0 Å². The second-order valence-corrected chi connectivity index (χ2v) is 29.1. The highest BCUT2D eigenvalue weighted by molar-refractivity contribution is 5.99. The number of carboxylic acid groups (broad SMARTS) is 1. The van der Waals surface area contributed by atoms with Gasteiger partial charge in [-0.1, -0.05) is 126 Å². The summed E-state index contributed by atoms with van der Waals surface area (Å²) < 4.78 is 0. The highest BCUT2D eigenvalue weighted by Crippen LogP contribution is 2.16. The molecule has 0 fully saturated rings. The van der Waals surface area contributed by atoms with Crippen LogP contribution >= 0.6 is 0 Å². The van der Waals surface area contributed by atoms with Gasteiger partial charge in [0.1, 0.15) is 66.5 Å². The molecule has 0 aromatic rings. The first-order valence-electron chi connectivity index (χ1n) is 38.7. The third kappa shape index (κ3) is 45.2. The third-order valence-corrected chi connectivity index (χ3v) is 17.6. The van der Waals surface area contributed by atoms with Gasteiger partial charge in [-0.25, -0.2) is 0 Å². The molecule has 0 aliphatic heterocycles. The minimum atomic E-state index is -1.79. The van der Waals surface area contributed by atoms with Crippen LogP contribution in [0, 0.1) is 17.8 Å². The zero-order valence-electron chi connectivity index (χ0n) is 66.3. The second-order valence-electron chi connectivity index (χ2n) is 29.1. The van der Waals surface area contributed by atoms with E-state index in [4.69, 9.17) is 34.4 Å². The standard InChI is InChI=1S/C72H134N20O18/c1-11-12-13-14-15-16-17-18-19-20-21-22-23-31-54(96)84-53(40-93)62(102)81-39-55(97)83-47(29-26-35-79-71(75)76)65(105)90-57(43(6)7)69(109)89-51(37-41(2)3)67(107)82-44(8)61(101)92-59(46(10)95)70(110)87-48(28-24-25-34-73)64(104)88-52(38-42(4)5)68(108)85-49(30-27-36-80-72(77)78)63(103)86-50(32-33-56(98)99)66(106)91-58(45(9)94)60(74)100/h41-53,57-59,93-95H,11-40,73H2,1-10H3,(H2,74,100)(H,81,102)(H,82,107)(H,83,97)(H,84,96)(H,85,108)(H,86,103)(H,87,110)(H,88,104)(H,89,109)(H,90,105)(H,91,106)(H,92,101)(H,98,99)(H4,75,76,79)(H4,77,78,80)/t44-,45+,46+,47-,48-,49-,50-,51-,52-,53-,57-,58-,59-/m0/s1. The average Bonchev–Trinajstić information content (AvgIpc) is 0.857. The SMILES string of the molecule is CCCCCCCCCCCCCCCC(=O)N[C@@H](CO)C(=O)NCC(=O)N[C@@H](CCCN=C(N)N)C(=O)N[C@H](C(=O)N[C@@H](CC(C)C)C(=O)N[C@@H](C)C(=O)N[C@H](C(=O)N[C@@H](CCCCN)C(=O)N[C@@H](CC(C)C)C(=O)N[C@@H](CCCN=C(N)N)C(=O)N[C@@H](CCC(=O)O)C(=O)N[C@H](C(N)=O)[C@@H](C)O)[C@@H](C)O)C(C)C. The van der Waals surface area contributed by atoms with Gasteiger partial charge >= 0.3 is 5.97 Å². The Bertz CT molecular complexity index is 2930. The number of guanidine groups is 2. The van der Waals surface area contributed by atoms with Crippen molar-refractivity contribution in [2.24, 2.45) is 62.1 Å². The third-order valence-electron chi connectivity index (χ3n) is 17.6. The Hall–Kier alpha value is -9.04. The molecule has 0 aromatic heterocycles. The van der Waals surface area contributed by atoms with Crippen molar-refractivity contribution in [1.82, 2.24) is 63.8 Å². The van der Waals surface area contributed by atoms with Crippen molar-refractivity contribution >= 4 is 94.7 Å². The summed E-state index contributed by atoms with van der Waals surface area (Å²) in [5.41, 5.74) is 33.1. The van der Waals surface area contributed by atoms with Crippen molar-refractivity contribution < 1.29 is 87.5 Å². The quantitative estimate of drug-likeness (QED) is 0.0164. The maximum absolute atomic E-state index is 14.4. The predicted octanol–water partition coefficient (Wildman–Crippen LogP) is -2.97. The van der Waals surface area contributed by atoms with Gasteiger partial charge in [0.25, 0.3) is 0 Å². The Morgan fingerprint density at radius 1 is 0.364 bits per heavy atom. The number of hydrogen-bond donors (Lipinski definition) is 22. The fraction of sp³-hybridized carbons (Fsp3) is 0.778. The number of nitrogens with two attached hydrogens (primary N) is 6. The lowest BCUT2D eigenvalue weighted by molar-refractivity contribution is -0.139. The summed E-state index contributed by atoms with van der Waals surface area (Å²) in [5, 5.41) is 70.4. The molecule has 0 radical (unpaired) electrons. The van der Waals surface area contributed by atoms with E-state index in [0.717, 1.165) is 32.6 Å². The molecular formula is C72H134N20O18. The Morgan fingerprint density at radius 2 is 0.736 bits per heavy atom. The van der Waals surface area contributed by atoms with E-state index < -0.39 is 193 Å². The largest absolute Gasteiger partial charge is 0.481 e. The molecule has 0 saturated heterocycles. The van der Waals surface area contributed by atoms with Gasteiger partial charge in [-0.2, -0.15) is 0 Å². The summed E-state index contributed by atoms with van der Waals surface area (Å²) in [6, 6.07) is -16.4. The number of aliphatic hydroxyl groups is 3. The van der Waals surface area contributed by atoms with Crippen molar-refractivity contribution in [1.29, 1.82) is 0 Å². The molecule has 13 atom stereocenters. The number of carboxylic acids is 1. The first-order chi connectivity index (χ1) is 51.8. The van der Waals surface area contributed by atoms with Gasteiger partial charge in [0, 0.05) is 25.9 Å². The average molecular weight is 1570 g/mol. The van der Waals surface area contributed by atoms with E-state index in [2.05, 4.69) is 80.7 Å². The Kier molecular flexibility index (Phi) is 52.4. The van der Waals surface area contributed by atoms with Crippen LogP contribution in [0.15, 0.2) is 9.98 Å². The molecular weight excluding hydrogens is 1430 g/mol. The van der Waals surface area contributed by atoms with Crippen LogP contribution in [0.3, 0.4) is 0 Å². The van der Waals surface area contributed by atoms with Crippen LogP contribution < -0.4 is 98.2 Å².